The summed E-state index contributed by atoms with van der Waals surface area (Å²) in [7, 11) is 0. The van der Waals surface area contributed by atoms with Crippen molar-refractivity contribution in [3.8, 4) is 0 Å². The van der Waals surface area contributed by atoms with Crippen molar-refractivity contribution < 1.29 is 4.74 Å². The Labute approximate surface area is 192 Å². The summed E-state index contributed by atoms with van der Waals surface area (Å²) in [5, 5.41) is 0. The van der Waals surface area contributed by atoms with Crippen LogP contribution in [0.1, 0.15) is 67.9 Å². The molecule has 1 atom stereocenters. The van der Waals surface area contributed by atoms with E-state index in [0.717, 1.165) is 25.2 Å². The lowest BCUT2D eigenvalue weighted by Gasteiger charge is -2.50. The molecule has 0 amide bonds. The number of anilines is 1. The number of piperidine rings is 1. The van der Waals surface area contributed by atoms with Gasteiger partial charge in [0.05, 0.1) is 18.1 Å². The summed E-state index contributed by atoms with van der Waals surface area (Å²) in [5.41, 5.74) is 4.98. The first-order valence-electron chi connectivity index (χ1n) is 12.7. The number of likely N-dealkylation sites (tertiary alicyclic amines) is 1. The summed E-state index contributed by atoms with van der Waals surface area (Å²) in [4.78, 5) is 13.7. The van der Waals surface area contributed by atoms with Crippen LogP contribution in [-0.2, 0) is 4.74 Å². The maximum Gasteiger partial charge on any atom is 0.115 e. The van der Waals surface area contributed by atoms with E-state index in [0.29, 0.717) is 11.3 Å². The van der Waals surface area contributed by atoms with Crippen LogP contribution >= 0.6 is 0 Å². The van der Waals surface area contributed by atoms with E-state index >= 15 is 0 Å². The highest BCUT2D eigenvalue weighted by molar-refractivity contribution is 5.46. The quantitative estimate of drug-likeness (QED) is 0.706. The largest absolute Gasteiger partial charge is 0.381 e. The Bertz CT molecular complexity index is 899. The van der Waals surface area contributed by atoms with Crippen LogP contribution in [0.15, 0.2) is 43.0 Å². The van der Waals surface area contributed by atoms with Crippen LogP contribution in [0.25, 0.3) is 0 Å². The number of aromatic nitrogens is 2. The van der Waals surface area contributed by atoms with Crippen molar-refractivity contribution in [2.75, 3.05) is 44.3 Å². The molecule has 5 heteroatoms. The van der Waals surface area contributed by atoms with Crippen molar-refractivity contribution in [2.45, 2.75) is 62.8 Å². The van der Waals surface area contributed by atoms with Gasteiger partial charge in [-0.3, -0.25) is 0 Å². The first-order chi connectivity index (χ1) is 15.8. The molecule has 4 aliphatic rings. The molecule has 1 aliphatic carbocycles. The standard InChI is InChI=1S/C27H36N4O/c1-2-4-26(22-8-13-32-14-9-22)25(3-1)21-6-11-30(12-7-21)23-5-10-27(15-23)18-31(19-27)24-16-28-20-29-17-24/h1-4,16-17,20-23H,5-15,18-19H2/t23-/m1/s1. The van der Waals surface area contributed by atoms with Gasteiger partial charge in [0.2, 0.25) is 0 Å². The van der Waals surface area contributed by atoms with Gasteiger partial charge in [0.25, 0.3) is 0 Å². The lowest BCUT2D eigenvalue weighted by Crippen LogP contribution is -2.56. The maximum atomic E-state index is 5.62. The Balaban J connectivity index is 1.05. The number of rotatable bonds is 4. The van der Waals surface area contributed by atoms with Gasteiger partial charge < -0.3 is 14.5 Å². The smallest absolute Gasteiger partial charge is 0.115 e. The number of ether oxygens (including phenoxy) is 1. The molecule has 0 radical (unpaired) electrons. The van der Waals surface area contributed by atoms with Crippen molar-refractivity contribution in [2.24, 2.45) is 5.41 Å². The molecule has 5 nitrogen and oxygen atoms in total. The molecule has 2 aromatic rings. The van der Waals surface area contributed by atoms with Crippen LogP contribution in [-0.4, -0.2) is 60.3 Å². The molecule has 3 aliphatic heterocycles. The van der Waals surface area contributed by atoms with Gasteiger partial charge in [0.1, 0.15) is 6.33 Å². The SMILES string of the molecule is c1ccc(C2CCN([C@@H]3CCC4(C3)CN(c3cncnc3)C4)CC2)c(C2CCOCC2)c1. The molecule has 3 saturated heterocycles. The average molecular weight is 433 g/mol. The van der Waals surface area contributed by atoms with Crippen molar-refractivity contribution in [3.63, 3.8) is 0 Å². The summed E-state index contributed by atoms with van der Waals surface area (Å²) >= 11 is 0. The minimum atomic E-state index is 0.535. The predicted octanol–water partition coefficient (Wildman–Crippen LogP) is 4.61. The Morgan fingerprint density at radius 1 is 0.844 bits per heavy atom. The highest BCUT2D eigenvalue weighted by atomic mass is 16.5. The number of hydrogen-bond donors (Lipinski definition) is 0. The lowest BCUT2D eigenvalue weighted by atomic mass is 9.77. The highest BCUT2D eigenvalue weighted by Gasteiger charge is 2.49. The number of hydrogen-bond acceptors (Lipinski definition) is 5. The van der Waals surface area contributed by atoms with E-state index < -0.39 is 0 Å². The minimum Gasteiger partial charge on any atom is -0.381 e. The Kier molecular flexibility index (Phi) is 5.64. The predicted molar refractivity (Wildman–Crippen MR) is 127 cm³/mol. The van der Waals surface area contributed by atoms with Gasteiger partial charge in [-0.25, -0.2) is 9.97 Å². The lowest BCUT2D eigenvalue weighted by molar-refractivity contribution is 0.0848. The second kappa shape index (κ2) is 8.75. The van der Waals surface area contributed by atoms with Gasteiger partial charge in [-0.1, -0.05) is 24.3 Å². The van der Waals surface area contributed by atoms with Gasteiger partial charge >= 0.3 is 0 Å². The zero-order valence-corrected chi connectivity index (χ0v) is 19.2. The fourth-order valence-electron chi connectivity index (χ4n) is 7.01. The summed E-state index contributed by atoms with van der Waals surface area (Å²) < 4.78 is 5.62. The number of benzene rings is 1. The zero-order chi connectivity index (χ0) is 21.4. The summed E-state index contributed by atoms with van der Waals surface area (Å²) in [6.45, 7) is 6.76. The van der Waals surface area contributed by atoms with Crippen molar-refractivity contribution in [3.05, 3.63) is 54.1 Å². The van der Waals surface area contributed by atoms with Gasteiger partial charge in [-0.05, 0) is 81.0 Å². The normalized spacial score (nSPS) is 27.0. The fourth-order valence-corrected chi connectivity index (χ4v) is 7.01. The molecule has 0 N–H and O–H groups in total. The van der Waals surface area contributed by atoms with Gasteiger partial charge in [0, 0.05) is 37.8 Å². The molecule has 1 aromatic carbocycles. The van der Waals surface area contributed by atoms with Crippen LogP contribution in [0.3, 0.4) is 0 Å². The van der Waals surface area contributed by atoms with E-state index in [2.05, 4.69) is 44.0 Å². The topological polar surface area (TPSA) is 41.5 Å². The fraction of sp³-hybridized carbons (Fsp3) is 0.630. The summed E-state index contributed by atoms with van der Waals surface area (Å²) in [6, 6.07) is 10.1. The Hall–Kier alpha value is -1.98. The molecule has 4 fully saturated rings. The zero-order valence-electron chi connectivity index (χ0n) is 19.2. The van der Waals surface area contributed by atoms with Gasteiger partial charge in [0.15, 0.2) is 0 Å². The maximum absolute atomic E-state index is 5.62. The third-order valence-corrected chi connectivity index (χ3v) is 8.78. The molecular formula is C27H36N4O. The first-order valence-corrected chi connectivity index (χ1v) is 12.7. The minimum absolute atomic E-state index is 0.535. The van der Waals surface area contributed by atoms with E-state index in [1.807, 2.05) is 12.4 Å². The highest BCUT2D eigenvalue weighted by Crippen LogP contribution is 2.49. The molecule has 1 spiro atoms. The average Bonchev–Trinajstić information content (AvgIpc) is 3.30. The molecule has 4 heterocycles. The molecule has 6 rings (SSSR count). The molecule has 170 valence electrons. The third-order valence-electron chi connectivity index (χ3n) is 8.78. The molecule has 0 unspecified atom stereocenters. The van der Waals surface area contributed by atoms with E-state index in [-0.39, 0.29) is 0 Å². The second-order valence-corrected chi connectivity index (χ2v) is 10.7. The van der Waals surface area contributed by atoms with E-state index in [4.69, 9.17) is 4.74 Å². The monoisotopic (exact) mass is 432 g/mol. The van der Waals surface area contributed by atoms with Crippen LogP contribution in [0, 0.1) is 5.41 Å². The second-order valence-electron chi connectivity index (χ2n) is 10.7. The summed E-state index contributed by atoms with van der Waals surface area (Å²) in [5.74, 6) is 1.43. The van der Waals surface area contributed by atoms with Gasteiger partial charge in [-0.15, -0.1) is 0 Å². The van der Waals surface area contributed by atoms with Gasteiger partial charge in [-0.2, -0.15) is 0 Å². The van der Waals surface area contributed by atoms with Crippen molar-refractivity contribution >= 4 is 5.69 Å². The Morgan fingerprint density at radius 3 is 2.19 bits per heavy atom. The van der Waals surface area contributed by atoms with Crippen molar-refractivity contribution in [1.29, 1.82) is 0 Å². The third kappa shape index (κ3) is 3.94. The van der Waals surface area contributed by atoms with E-state index in [9.17, 15) is 0 Å². The van der Waals surface area contributed by atoms with Crippen LogP contribution in [0.2, 0.25) is 0 Å². The van der Waals surface area contributed by atoms with Crippen LogP contribution in [0.4, 0.5) is 5.69 Å². The van der Waals surface area contributed by atoms with E-state index in [1.54, 1.807) is 17.5 Å². The molecule has 32 heavy (non-hydrogen) atoms. The van der Waals surface area contributed by atoms with Crippen molar-refractivity contribution in [1.82, 2.24) is 14.9 Å². The number of nitrogens with zero attached hydrogens (tertiary/aromatic N) is 4. The molecule has 0 bridgehead atoms. The Morgan fingerprint density at radius 2 is 1.50 bits per heavy atom. The van der Waals surface area contributed by atoms with E-state index in [1.165, 1.54) is 76.8 Å². The first kappa shape index (κ1) is 20.6. The molecule has 1 saturated carbocycles. The van der Waals surface area contributed by atoms with Crippen LogP contribution < -0.4 is 4.90 Å². The van der Waals surface area contributed by atoms with Crippen LogP contribution in [0.5, 0.6) is 0 Å². The molecule has 1 aromatic heterocycles. The summed E-state index contributed by atoms with van der Waals surface area (Å²) in [6.07, 6.45) is 14.7. The molecular weight excluding hydrogens is 396 g/mol.